The lowest BCUT2D eigenvalue weighted by Gasteiger charge is -2.42. The number of likely N-dealkylation sites (tertiary alicyclic amines) is 1. The molecule has 4 aromatic carbocycles. The van der Waals surface area contributed by atoms with Gasteiger partial charge in [-0.15, -0.1) is 0 Å². The molecule has 1 saturated heterocycles. The number of hydrogen-bond acceptors (Lipinski definition) is 4. The van der Waals surface area contributed by atoms with Crippen molar-refractivity contribution in [3.8, 4) is 11.1 Å². The Balaban J connectivity index is 1.12. The summed E-state index contributed by atoms with van der Waals surface area (Å²) in [6, 6.07) is 28.7. The minimum atomic E-state index is -0.780. The van der Waals surface area contributed by atoms with E-state index in [-0.39, 0.29) is 32.2 Å². The lowest BCUT2D eigenvalue weighted by atomic mass is 9.75. The second kappa shape index (κ2) is 13.5. The summed E-state index contributed by atoms with van der Waals surface area (Å²) >= 11 is 0. The van der Waals surface area contributed by atoms with Crippen LogP contribution in [-0.2, 0) is 10.0 Å². The van der Waals surface area contributed by atoms with Gasteiger partial charge < -0.3 is 18.9 Å². The number of nitrogens with one attached hydrogen (secondary N) is 1. The van der Waals surface area contributed by atoms with Crippen molar-refractivity contribution >= 4 is 37.7 Å². The molecule has 1 amide bonds. The van der Waals surface area contributed by atoms with E-state index in [1.54, 1.807) is 11.2 Å². The maximum atomic E-state index is 16.4. The molecule has 9 heteroatoms. The zero-order valence-corrected chi connectivity index (χ0v) is 30.5. The minimum Gasteiger partial charge on any atom is -0.403 e. The summed E-state index contributed by atoms with van der Waals surface area (Å²) in [5, 5.41) is -0.0556. The fourth-order valence-corrected chi connectivity index (χ4v) is 9.10. The van der Waals surface area contributed by atoms with Crippen LogP contribution in [0.2, 0.25) is 5.04 Å². The molecule has 1 saturated carbocycles. The van der Waals surface area contributed by atoms with Gasteiger partial charge in [-0.3, -0.25) is 4.79 Å². The van der Waals surface area contributed by atoms with Gasteiger partial charge in [0.25, 0.3) is 5.91 Å². The fourth-order valence-electron chi connectivity index (χ4n) is 8.23. The van der Waals surface area contributed by atoms with Crippen LogP contribution in [0.25, 0.3) is 33.2 Å². The Hall–Kier alpha value is -4.60. The Kier molecular flexibility index (Phi) is 8.88. The summed E-state index contributed by atoms with van der Waals surface area (Å²) in [5.74, 6) is -0.961. The molecule has 260 valence electrons. The third kappa shape index (κ3) is 6.20. The molecule has 0 spiro atoms. The maximum Gasteiger partial charge on any atom is 0.259 e. The third-order valence-electron chi connectivity index (χ3n) is 10.7. The normalized spacial score (nSPS) is 17.5. The largest absolute Gasteiger partial charge is 0.403 e. The zero-order chi connectivity index (χ0) is 35.2. The van der Waals surface area contributed by atoms with Gasteiger partial charge in [-0.25, -0.2) is 14.4 Å². The summed E-state index contributed by atoms with van der Waals surface area (Å²) in [6.07, 6.45) is 10.3. The van der Waals surface area contributed by atoms with Crippen molar-refractivity contribution in [2.45, 2.75) is 76.0 Å². The van der Waals surface area contributed by atoms with E-state index < -0.39 is 11.4 Å². The highest BCUT2D eigenvalue weighted by molar-refractivity contribution is 6.32. The van der Waals surface area contributed by atoms with Crippen LogP contribution in [-0.4, -0.2) is 53.2 Å². The van der Waals surface area contributed by atoms with Gasteiger partial charge in [0.1, 0.15) is 17.0 Å². The predicted octanol–water partition coefficient (Wildman–Crippen LogP) is 9.48. The standard InChI is InChI=1S/C42H44FN5O2Si/c1-41(2,3)51-50-42(29-13-7-4-8-14-29,30-15-9-5-10-16-30)31-21-22-47(25-31)40(49)37-34(43)24-33(38-39(37)45-26-44-38)28-19-20-36-35(23-28)46-27-48(36)32-17-11-6-12-18-32/h4-5,7-10,13-16,19-20,23-24,26-27,31-32H,6,11-12,17-18,21-22,25H2,1-3H3,(H,44,45). The van der Waals surface area contributed by atoms with Crippen molar-refractivity contribution in [2.75, 3.05) is 13.1 Å². The number of rotatable bonds is 8. The quantitative estimate of drug-likeness (QED) is 0.161. The highest BCUT2D eigenvalue weighted by Crippen LogP contribution is 2.46. The summed E-state index contributed by atoms with van der Waals surface area (Å²) in [5.41, 5.74) is 5.76. The van der Waals surface area contributed by atoms with Crippen molar-refractivity contribution in [1.82, 2.24) is 24.4 Å². The summed E-state index contributed by atoms with van der Waals surface area (Å²) < 4.78 is 25.8. The summed E-state index contributed by atoms with van der Waals surface area (Å²) in [4.78, 5) is 28.7. The average molecular weight is 698 g/mol. The van der Waals surface area contributed by atoms with Gasteiger partial charge in [-0.05, 0) is 59.2 Å². The lowest BCUT2D eigenvalue weighted by molar-refractivity contribution is 0.0446. The molecule has 1 N–H and O–H groups in total. The first-order valence-corrected chi connectivity index (χ1v) is 19.1. The highest BCUT2D eigenvalue weighted by atomic mass is 28.2. The Labute approximate surface area is 301 Å². The zero-order valence-electron chi connectivity index (χ0n) is 29.5. The Morgan fingerprint density at radius 2 is 1.61 bits per heavy atom. The predicted molar refractivity (Wildman–Crippen MR) is 201 cm³/mol. The molecule has 2 aliphatic rings. The SMILES string of the molecule is CC(C)(C)[Si]OC(c1ccccc1)(c1ccccc1)C1CCN(C(=O)c2c(F)cc(-c3ccc4c(c3)ncn4C3CCCCC3)c3nc[nH]c23)C1. The molecule has 1 unspecified atom stereocenters. The Bertz CT molecular complexity index is 2130. The Morgan fingerprint density at radius 1 is 0.902 bits per heavy atom. The molecule has 0 bridgehead atoms. The molecule has 51 heavy (non-hydrogen) atoms. The molecule has 1 aliphatic carbocycles. The van der Waals surface area contributed by atoms with Crippen LogP contribution in [0.15, 0.2) is 97.6 Å². The summed E-state index contributed by atoms with van der Waals surface area (Å²) in [7, 11) is 0.217. The van der Waals surface area contributed by atoms with Crippen molar-refractivity contribution in [2.24, 2.45) is 5.92 Å². The number of carbonyl (C=O) groups is 1. The first-order chi connectivity index (χ1) is 24.7. The number of hydrogen-bond donors (Lipinski definition) is 1. The van der Waals surface area contributed by atoms with Gasteiger partial charge in [-0.1, -0.05) is 107 Å². The molecular weight excluding hydrogens is 654 g/mol. The van der Waals surface area contributed by atoms with Crippen LogP contribution in [0.5, 0.6) is 0 Å². The number of nitrogens with zero attached hydrogens (tertiary/aromatic N) is 4. The van der Waals surface area contributed by atoms with Crippen LogP contribution >= 0.6 is 0 Å². The van der Waals surface area contributed by atoms with E-state index in [0.717, 1.165) is 27.7 Å². The molecule has 2 fully saturated rings. The minimum absolute atomic E-state index is 0.0251. The van der Waals surface area contributed by atoms with Crippen LogP contribution in [0.4, 0.5) is 4.39 Å². The van der Waals surface area contributed by atoms with Crippen molar-refractivity contribution < 1.29 is 13.6 Å². The van der Waals surface area contributed by atoms with Crippen LogP contribution in [0, 0.1) is 11.7 Å². The van der Waals surface area contributed by atoms with Gasteiger partial charge in [-0.2, -0.15) is 0 Å². The first kappa shape index (κ1) is 33.5. The van der Waals surface area contributed by atoms with Crippen LogP contribution < -0.4 is 0 Å². The molecule has 2 radical (unpaired) electrons. The van der Waals surface area contributed by atoms with Crippen LogP contribution in [0.1, 0.15) is 86.8 Å². The number of amides is 1. The fraction of sp³-hybridized carbons (Fsp3) is 0.357. The van der Waals surface area contributed by atoms with Gasteiger partial charge in [0.15, 0.2) is 0 Å². The van der Waals surface area contributed by atoms with Crippen molar-refractivity contribution in [3.63, 3.8) is 0 Å². The smallest absolute Gasteiger partial charge is 0.259 e. The second-order valence-corrected chi connectivity index (χ2v) is 17.1. The second-order valence-electron chi connectivity index (χ2n) is 15.2. The van der Waals surface area contributed by atoms with E-state index in [2.05, 4.69) is 65.6 Å². The number of aromatic amines is 1. The highest BCUT2D eigenvalue weighted by Gasteiger charge is 2.48. The topological polar surface area (TPSA) is 76.0 Å². The molecule has 1 atom stereocenters. The molecule has 1 aliphatic heterocycles. The number of aromatic nitrogens is 4. The average Bonchev–Trinajstić information content (AvgIpc) is 3.93. The molecule has 3 heterocycles. The molecule has 2 aromatic heterocycles. The van der Waals surface area contributed by atoms with Gasteiger partial charge in [0.2, 0.25) is 9.76 Å². The van der Waals surface area contributed by atoms with E-state index in [1.165, 1.54) is 38.2 Å². The van der Waals surface area contributed by atoms with Crippen LogP contribution in [0.3, 0.4) is 0 Å². The number of carbonyl (C=O) groups excluding carboxylic acids is 1. The van der Waals surface area contributed by atoms with Gasteiger partial charge >= 0.3 is 0 Å². The number of imidazole rings is 2. The number of fused-ring (bicyclic) bond motifs is 2. The van der Waals surface area contributed by atoms with E-state index in [9.17, 15) is 4.79 Å². The van der Waals surface area contributed by atoms with E-state index in [4.69, 9.17) is 9.41 Å². The monoisotopic (exact) mass is 697 g/mol. The first-order valence-electron chi connectivity index (χ1n) is 18.2. The van der Waals surface area contributed by atoms with Gasteiger partial charge in [0.05, 0.1) is 34.7 Å². The van der Waals surface area contributed by atoms with E-state index in [0.29, 0.717) is 42.1 Å². The third-order valence-corrected chi connectivity index (χ3v) is 11.7. The van der Waals surface area contributed by atoms with Crippen molar-refractivity contribution in [3.05, 3.63) is 120 Å². The number of benzene rings is 4. The molecular formula is C42H44FN5O2Si. The number of halogens is 1. The Morgan fingerprint density at radius 3 is 2.29 bits per heavy atom. The lowest BCUT2D eigenvalue weighted by Crippen LogP contribution is -2.43. The van der Waals surface area contributed by atoms with Crippen molar-refractivity contribution in [1.29, 1.82) is 0 Å². The molecule has 8 rings (SSSR count). The van der Waals surface area contributed by atoms with E-state index in [1.807, 2.05) is 54.9 Å². The molecule has 7 nitrogen and oxygen atoms in total. The maximum absolute atomic E-state index is 16.4. The molecule has 6 aromatic rings. The van der Waals surface area contributed by atoms with E-state index >= 15 is 4.39 Å². The van der Waals surface area contributed by atoms with Gasteiger partial charge in [0, 0.05) is 30.6 Å². The summed E-state index contributed by atoms with van der Waals surface area (Å²) in [6.45, 7) is 7.46. The number of H-pyrrole nitrogens is 1.